The number of aromatic nitrogens is 2. The SMILES string of the molecule is CC(O)(Cc1cn2ccsc2n1)c1ccc(C#N)cc1. The second kappa shape index (κ2) is 4.75. The number of hydrogen-bond donors (Lipinski definition) is 1. The Kier molecular flexibility index (Phi) is 3.05. The van der Waals surface area contributed by atoms with Crippen molar-refractivity contribution < 1.29 is 5.11 Å². The van der Waals surface area contributed by atoms with Crippen molar-refractivity contribution >= 4 is 16.3 Å². The van der Waals surface area contributed by atoms with Gasteiger partial charge in [0.05, 0.1) is 22.9 Å². The van der Waals surface area contributed by atoms with Gasteiger partial charge in [-0.15, -0.1) is 11.3 Å². The third-order valence-corrected chi connectivity index (χ3v) is 4.08. The predicted molar refractivity (Wildman–Crippen MR) is 77.5 cm³/mol. The van der Waals surface area contributed by atoms with Gasteiger partial charge < -0.3 is 5.11 Å². The fourth-order valence-corrected chi connectivity index (χ4v) is 2.94. The largest absolute Gasteiger partial charge is 0.385 e. The van der Waals surface area contributed by atoms with Crippen molar-refractivity contribution in [3.8, 4) is 6.07 Å². The van der Waals surface area contributed by atoms with E-state index in [1.54, 1.807) is 42.5 Å². The van der Waals surface area contributed by atoms with Crippen LogP contribution in [0.1, 0.15) is 23.7 Å². The molecule has 0 bridgehead atoms. The highest BCUT2D eigenvalue weighted by atomic mass is 32.1. The number of hydrogen-bond acceptors (Lipinski definition) is 4. The molecule has 0 fully saturated rings. The molecule has 0 amide bonds. The van der Waals surface area contributed by atoms with E-state index in [1.165, 1.54) is 0 Å². The molecule has 1 aromatic carbocycles. The van der Waals surface area contributed by atoms with Crippen LogP contribution in [0.2, 0.25) is 0 Å². The molecule has 2 aromatic heterocycles. The maximum atomic E-state index is 10.6. The summed E-state index contributed by atoms with van der Waals surface area (Å²) in [6, 6.07) is 9.09. The third kappa shape index (κ3) is 2.31. The number of benzene rings is 1. The standard InChI is InChI=1S/C15H13N3OS/c1-15(19,12-4-2-11(9-16)3-5-12)8-13-10-18-6-7-20-14(18)17-13/h2-7,10,19H,8H2,1H3. The lowest BCUT2D eigenvalue weighted by Gasteiger charge is -2.22. The lowest BCUT2D eigenvalue weighted by Crippen LogP contribution is -2.24. The van der Waals surface area contributed by atoms with Crippen LogP contribution in [0.15, 0.2) is 42.0 Å². The van der Waals surface area contributed by atoms with Gasteiger partial charge in [0.15, 0.2) is 4.96 Å². The summed E-state index contributed by atoms with van der Waals surface area (Å²) in [5.41, 5.74) is 1.23. The number of thiazole rings is 1. The van der Waals surface area contributed by atoms with Crippen molar-refractivity contribution in [2.75, 3.05) is 0 Å². The van der Waals surface area contributed by atoms with E-state index in [0.717, 1.165) is 16.2 Å². The van der Waals surface area contributed by atoms with Gasteiger partial charge >= 0.3 is 0 Å². The number of aliphatic hydroxyl groups is 1. The average molecular weight is 283 g/mol. The van der Waals surface area contributed by atoms with Gasteiger partial charge in [-0.25, -0.2) is 4.98 Å². The van der Waals surface area contributed by atoms with Gasteiger partial charge in [0, 0.05) is 24.2 Å². The van der Waals surface area contributed by atoms with Crippen molar-refractivity contribution in [3.05, 3.63) is 58.9 Å². The second-order valence-electron chi connectivity index (χ2n) is 4.96. The Morgan fingerprint density at radius 2 is 2.15 bits per heavy atom. The minimum atomic E-state index is -1.00. The van der Waals surface area contributed by atoms with Gasteiger partial charge in [-0.1, -0.05) is 12.1 Å². The molecule has 3 aromatic rings. The predicted octanol–water partition coefficient (Wildman–Crippen LogP) is 2.72. The molecule has 2 heterocycles. The van der Waals surface area contributed by atoms with Crippen LogP contribution < -0.4 is 0 Å². The molecule has 0 spiro atoms. The molecular weight excluding hydrogens is 270 g/mol. The number of nitriles is 1. The van der Waals surface area contributed by atoms with Gasteiger partial charge in [0.1, 0.15) is 0 Å². The van der Waals surface area contributed by atoms with Crippen LogP contribution in [0.25, 0.3) is 4.96 Å². The summed E-state index contributed by atoms with van der Waals surface area (Å²) in [6.07, 6.45) is 4.32. The van der Waals surface area contributed by atoms with E-state index in [0.29, 0.717) is 12.0 Å². The highest BCUT2D eigenvalue weighted by Crippen LogP contribution is 2.26. The molecule has 1 N–H and O–H groups in total. The monoisotopic (exact) mass is 283 g/mol. The van der Waals surface area contributed by atoms with Crippen LogP contribution in [0, 0.1) is 11.3 Å². The van der Waals surface area contributed by atoms with E-state index in [1.807, 2.05) is 22.2 Å². The Morgan fingerprint density at radius 1 is 1.40 bits per heavy atom. The zero-order valence-electron chi connectivity index (χ0n) is 10.9. The Balaban J connectivity index is 1.87. The van der Waals surface area contributed by atoms with Crippen LogP contribution in [0.3, 0.4) is 0 Å². The van der Waals surface area contributed by atoms with Crippen LogP contribution in [0.5, 0.6) is 0 Å². The minimum absolute atomic E-state index is 0.438. The highest BCUT2D eigenvalue weighted by Gasteiger charge is 2.25. The quantitative estimate of drug-likeness (QED) is 0.804. The summed E-state index contributed by atoms with van der Waals surface area (Å²) in [5, 5.41) is 21.4. The highest BCUT2D eigenvalue weighted by molar-refractivity contribution is 7.15. The fourth-order valence-electron chi connectivity index (χ4n) is 2.22. The fraction of sp³-hybridized carbons (Fsp3) is 0.200. The van der Waals surface area contributed by atoms with Crippen molar-refractivity contribution in [3.63, 3.8) is 0 Å². The molecule has 0 aliphatic carbocycles. The normalized spacial score (nSPS) is 14.1. The van der Waals surface area contributed by atoms with E-state index >= 15 is 0 Å². The minimum Gasteiger partial charge on any atom is -0.385 e. The topological polar surface area (TPSA) is 61.3 Å². The van der Waals surface area contributed by atoms with E-state index in [4.69, 9.17) is 5.26 Å². The van der Waals surface area contributed by atoms with Gasteiger partial charge in [-0.2, -0.15) is 5.26 Å². The molecule has 1 atom stereocenters. The van der Waals surface area contributed by atoms with Crippen LogP contribution in [0.4, 0.5) is 0 Å². The summed E-state index contributed by atoms with van der Waals surface area (Å²) in [6.45, 7) is 1.77. The lowest BCUT2D eigenvalue weighted by molar-refractivity contribution is 0.0567. The zero-order valence-corrected chi connectivity index (χ0v) is 11.8. The van der Waals surface area contributed by atoms with Crippen molar-refractivity contribution in [2.45, 2.75) is 18.9 Å². The molecule has 3 rings (SSSR count). The van der Waals surface area contributed by atoms with E-state index in [9.17, 15) is 5.11 Å². The Labute approximate surface area is 120 Å². The van der Waals surface area contributed by atoms with Crippen LogP contribution >= 0.6 is 11.3 Å². The Hall–Kier alpha value is -2.16. The first kappa shape index (κ1) is 12.9. The first-order valence-corrected chi connectivity index (χ1v) is 7.10. The molecule has 0 aliphatic heterocycles. The number of rotatable bonds is 3. The first-order valence-electron chi connectivity index (χ1n) is 6.22. The van der Waals surface area contributed by atoms with E-state index in [2.05, 4.69) is 11.1 Å². The number of imidazole rings is 1. The molecule has 0 saturated carbocycles. The average Bonchev–Trinajstić information content (AvgIpc) is 2.99. The smallest absolute Gasteiger partial charge is 0.193 e. The van der Waals surface area contributed by atoms with E-state index in [-0.39, 0.29) is 0 Å². The molecule has 100 valence electrons. The molecule has 1 unspecified atom stereocenters. The van der Waals surface area contributed by atoms with Crippen molar-refractivity contribution in [1.82, 2.24) is 9.38 Å². The van der Waals surface area contributed by atoms with Crippen molar-refractivity contribution in [2.24, 2.45) is 0 Å². The van der Waals surface area contributed by atoms with Gasteiger partial charge in [0.2, 0.25) is 0 Å². The van der Waals surface area contributed by atoms with Gasteiger partial charge in [-0.05, 0) is 24.6 Å². The number of nitrogens with zero attached hydrogens (tertiary/aromatic N) is 3. The third-order valence-electron chi connectivity index (χ3n) is 3.30. The van der Waals surface area contributed by atoms with Crippen molar-refractivity contribution in [1.29, 1.82) is 5.26 Å². The summed E-state index contributed by atoms with van der Waals surface area (Å²) >= 11 is 1.57. The second-order valence-corrected chi connectivity index (χ2v) is 5.84. The summed E-state index contributed by atoms with van der Waals surface area (Å²) < 4.78 is 1.95. The number of fused-ring (bicyclic) bond motifs is 1. The molecule has 4 nitrogen and oxygen atoms in total. The maximum absolute atomic E-state index is 10.6. The molecule has 5 heteroatoms. The maximum Gasteiger partial charge on any atom is 0.193 e. The molecular formula is C15H13N3OS. The van der Waals surface area contributed by atoms with E-state index < -0.39 is 5.60 Å². The first-order chi connectivity index (χ1) is 9.58. The van der Waals surface area contributed by atoms with Crippen LogP contribution in [-0.2, 0) is 12.0 Å². The molecule has 0 saturated heterocycles. The molecule has 20 heavy (non-hydrogen) atoms. The lowest BCUT2D eigenvalue weighted by atomic mass is 9.91. The summed E-state index contributed by atoms with van der Waals surface area (Å²) in [5.74, 6) is 0. The van der Waals surface area contributed by atoms with Gasteiger partial charge in [0.25, 0.3) is 0 Å². The molecule has 0 aliphatic rings. The Morgan fingerprint density at radius 3 is 2.80 bits per heavy atom. The van der Waals surface area contributed by atoms with Crippen LogP contribution in [-0.4, -0.2) is 14.5 Å². The molecule has 0 radical (unpaired) electrons. The Bertz CT molecular complexity index is 749. The summed E-state index contributed by atoms with van der Waals surface area (Å²) in [4.78, 5) is 5.41. The zero-order chi connectivity index (χ0) is 14.2. The summed E-state index contributed by atoms with van der Waals surface area (Å²) in [7, 11) is 0. The van der Waals surface area contributed by atoms with Gasteiger partial charge in [-0.3, -0.25) is 4.40 Å².